The number of aromatic amines is 1. The summed E-state index contributed by atoms with van der Waals surface area (Å²) in [6.07, 6.45) is 1.13. The van der Waals surface area contributed by atoms with Crippen LogP contribution in [0.2, 0.25) is 0 Å². The van der Waals surface area contributed by atoms with Crippen LogP contribution in [0.1, 0.15) is 17.9 Å². The van der Waals surface area contributed by atoms with Gasteiger partial charge < -0.3 is 5.73 Å². The first-order chi connectivity index (χ1) is 8.80. The van der Waals surface area contributed by atoms with Crippen LogP contribution < -0.4 is 5.73 Å². The number of benzene rings is 1. The molecule has 1 aromatic carbocycles. The molecule has 1 atom stereocenters. The number of nitrogens with zero attached hydrogens (tertiary/aromatic N) is 1. The van der Waals surface area contributed by atoms with Crippen LogP contribution in [0.25, 0.3) is 11.1 Å². The van der Waals surface area contributed by atoms with Crippen LogP contribution in [-0.4, -0.2) is 24.9 Å². The molecular weight excluding hydrogens is 269 g/mol. The van der Waals surface area contributed by atoms with E-state index >= 15 is 0 Å². The van der Waals surface area contributed by atoms with Crippen LogP contribution in [0.4, 0.5) is 10.2 Å². The van der Waals surface area contributed by atoms with Gasteiger partial charge in [-0.05, 0) is 24.6 Å². The summed E-state index contributed by atoms with van der Waals surface area (Å²) in [4.78, 5) is 0. The van der Waals surface area contributed by atoms with Gasteiger partial charge in [0.05, 0.1) is 5.69 Å². The lowest BCUT2D eigenvalue weighted by Gasteiger charge is -2.10. The molecule has 0 aliphatic carbocycles. The minimum absolute atomic E-state index is 0.149. The van der Waals surface area contributed by atoms with E-state index in [0.717, 1.165) is 6.26 Å². The number of hydrogen-bond acceptors (Lipinski definition) is 4. The van der Waals surface area contributed by atoms with Crippen molar-refractivity contribution >= 4 is 15.7 Å². The summed E-state index contributed by atoms with van der Waals surface area (Å²) in [5, 5.41) is 5.65. The number of sulfone groups is 1. The molecule has 1 heterocycles. The zero-order valence-corrected chi connectivity index (χ0v) is 11.3. The molecule has 3 N–H and O–H groups in total. The van der Waals surface area contributed by atoms with E-state index in [1.54, 1.807) is 6.07 Å². The summed E-state index contributed by atoms with van der Waals surface area (Å²) in [6.45, 7) is 1.53. The highest BCUT2D eigenvalue weighted by Gasteiger charge is 2.25. The second-order valence-corrected chi connectivity index (χ2v) is 6.75. The zero-order valence-electron chi connectivity index (χ0n) is 10.5. The zero-order chi connectivity index (χ0) is 14.2. The van der Waals surface area contributed by atoms with Gasteiger partial charge in [0.2, 0.25) is 0 Å². The Hall–Kier alpha value is -1.89. The minimum Gasteiger partial charge on any atom is -0.382 e. The molecule has 102 valence electrons. The molecule has 0 fully saturated rings. The molecule has 0 saturated carbocycles. The predicted molar refractivity (Wildman–Crippen MR) is 71.7 cm³/mol. The van der Waals surface area contributed by atoms with Crippen molar-refractivity contribution < 1.29 is 12.8 Å². The van der Waals surface area contributed by atoms with Gasteiger partial charge in [0, 0.05) is 11.8 Å². The number of anilines is 1. The average Bonchev–Trinajstić information content (AvgIpc) is 2.68. The van der Waals surface area contributed by atoms with Crippen molar-refractivity contribution in [2.24, 2.45) is 0 Å². The molecule has 0 amide bonds. The van der Waals surface area contributed by atoms with Crippen molar-refractivity contribution in [1.82, 2.24) is 10.2 Å². The Morgan fingerprint density at radius 3 is 2.68 bits per heavy atom. The summed E-state index contributed by atoms with van der Waals surface area (Å²) in [5.41, 5.74) is 7.04. The first-order valence-corrected chi connectivity index (χ1v) is 7.54. The van der Waals surface area contributed by atoms with E-state index in [0.29, 0.717) is 16.8 Å². The van der Waals surface area contributed by atoms with E-state index in [1.165, 1.54) is 25.1 Å². The number of aromatic nitrogens is 2. The Balaban J connectivity index is 2.62. The van der Waals surface area contributed by atoms with Gasteiger partial charge in [-0.1, -0.05) is 12.1 Å². The minimum atomic E-state index is -3.30. The van der Waals surface area contributed by atoms with Crippen LogP contribution in [0, 0.1) is 5.82 Å². The van der Waals surface area contributed by atoms with Crippen molar-refractivity contribution in [1.29, 1.82) is 0 Å². The second kappa shape index (κ2) is 4.65. The first kappa shape index (κ1) is 13.5. The number of halogens is 1. The summed E-state index contributed by atoms with van der Waals surface area (Å²) in [6, 6.07) is 5.79. The molecule has 1 unspecified atom stereocenters. The van der Waals surface area contributed by atoms with Gasteiger partial charge in [0.1, 0.15) is 11.1 Å². The van der Waals surface area contributed by atoms with Gasteiger partial charge in [-0.3, -0.25) is 5.10 Å². The predicted octanol–water partition coefficient (Wildman–Crippen LogP) is 1.90. The number of nitrogens with one attached hydrogen (secondary N) is 1. The molecule has 2 rings (SSSR count). The molecule has 0 radical (unpaired) electrons. The number of H-pyrrole nitrogens is 1. The van der Waals surface area contributed by atoms with E-state index in [4.69, 9.17) is 5.73 Å². The molecule has 0 bridgehead atoms. The topological polar surface area (TPSA) is 88.8 Å². The van der Waals surface area contributed by atoms with Crippen molar-refractivity contribution in [3.05, 3.63) is 35.8 Å². The van der Waals surface area contributed by atoms with Crippen molar-refractivity contribution in [3.63, 3.8) is 0 Å². The third kappa shape index (κ3) is 2.60. The van der Waals surface area contributed by atoms with Crippen LogP contribution >= 0.6 is 0 Å². The fourth-order valence-corrected chi connectivity index (χ4v) is 2.42. The Labute approximate surface area is 110 Å². The van der Waals surface area contributed by atoms with Crippen LogP contribution in [-0.2, 0) is 9.84 Å². The fourth-order valence-electron chi connectivity index (χ4n) is 1.83. The van der Waals surface area contributed by atoms with E-state index in [-0.39, 0.29) is 5.82 Å². The van der Waals surface area contributed by atoms with Crippen LogP contribution in [0.3, 0.4) is 0 Å². The summed E-state index contributed by atoms with van der Waals surface area (Å²) < 4.78 is 36.5. The molecule has 0 saturated heterocycles. The van der Waals surface area contributed by atoms with Gasteiger partial charge in [-0.2, -0.15) is 5.10 Å². The largest absolute Gasteiger partial charge is 0.382 e. The van der Waals surface area contributed by atoms with Gasteiger partial charge >= 0.3 is 0 Å². The number of nitrogens with two attached hydrogens (primary N) is 1. The maximum Gasteiger partial charge on any atom is 0.155 e. The normalized spacial score (nSPS) is 13.4. The molecule has 0 spiro atoms. The van der Waals surface area contributed by atoms with Crippen molar-refractivity contribution in [2.75, 3.05) is 12.0 Å². The molecule has 2 aromatic rings. The summed E-state index contributed by atoms with van der Waals surface area (Å²) in [7, 11) is -3.30. The van der Waals surface area contributed by atoms with Gasteiger partial charge in [0.15, 0.2) is 15.7 Å². The Bertz CT molecular complexity index is 710. The van der Waals surface area contributed by atoms with Gasteiger partial charge in [-0.25, -0.2) is 12.8 Å². The molecule has 7 heteroatoms. The maximum atomic E-state index is 13.3. The lowest BCUT2D eigenvalue weighted by molar-refractivity contribution is 0.591. The molecule has 1 aromatic heterocycles. The van der Waals surface area contributed by atoms with E-state index in [1.807, 2.05) is 0 Å². The molecule has 0 aliphatic heterocycles. The summed E-state index contributed by atoms with van der Waals surface area (Å²) >= 11 is 0. The molecule has 5 nitrogen and oxygen atoms in total. The lowest BCUT2D eigenvalue weighted by atomic mass is 10.0. The SMILES string of the molecule is CC(c1[nH]nc(N)c1-c1cccc(F)c1)S(C)(=O)=O. The quantitative estimate of drug-likeness (QED) is 0.900. The van der Waals surface area contributed by atoms with Gasteiger partial charge in [0.25, 0.3) is 0 Å². The average molecular weight is 283 g/mol. The Morgan fingerprint density at radius 1 is 1.42 bits per heavy atom. The highest BCUT2D eigenvalue weighted by Crippen LogP contribution is 2.34. The third-order valence-corrected chi connectivity index (χ3v) is 4.50. The molecule has 0 aliphatic rings. The standard InChI is InChI=1S/C12H14FN3O2S/c1-7(19(2,17)18)11-10(12(14)16-15-11)8-4-3-5-9(13)6-8/h3-7H,1-2H3,(H3,14,15,16). The van der Waals surface area contributed by atoms with E-state index in [2.05, 4.69) is 10.2 Å². The van der Waals surface area contributed by atoms with Crippen LogP contribution in [0.5, 0.6) is 0 Å². The first-order valence-electron chi connectivity index (χ1n) is 5.59. The number of rotatable bonds is 3. The Morgan fingerprint density at radius 2 is 2.11 bits per heavy atom. The number of hydrogen-bond donors (Lipinski definition) is 2. The van der Waals surface area contributed by atoms with Crippen molar-refractivity contribution in [3.8, 4) is 11.1 Å². The second-order valence-electron chi connectivity index (χ2n) is 4.38. The highest BCUT2D eigenvalue weighted by molar-refractivity contribution is 7.90. The lowest BCUT2D eigenvalue weighted by Crippen LogP contribution is -2.09. The van der Waals surface area contributed by atoms with Crippen LogP contribution in [0.15, 0.2) is 24.3 Å². The molecular formula is C12H14FN3O2S. The monoisotopic (exact) mass is 283 g/mol. The van der Waals surface area contributed by atoms with Gasteiger partial charge in [-0.15, -0.1) is 0 Å². The summed E-state index contributed by atoms with van der Waals surface area (Å²) in [5.74, 6) is -0.271. The number of nitrogen functional groups attached to an aromatic ring is 1. The fraction of sp³-hybridized carbons (Fsp3) is 0.250. The van der Waals surface area contributed by atoms with E-state index < -0.39 is 20.9 Å². The maximum absolute atomic E-state index is 13.3. The smallest absolute Gasteiger partial charge is 0.155 e. The Kier molecular flexibility index (Phi) is 3.32. The van der Waals surface area contributed by atoms with E-state index in [9.17, 15) is 12.8 Å². The molecule has 19 heavy (non-hydrogen) atoms. The highest BCUT2D eigenvalue weighted by atomic mass is 32.2. The van der Waals surface area contributed by atoms with Crippen molar-refractivity contribution in [2.45, 2.75) is 12.2 Å². The third-order valence-electron chi connectivity index (χ3n) is 2.98.